The number of carbonyl (C=O) groups is 1. The molecule has 78 valence electrons. The van der Waals surface area contributed by atoms with Crippen molar-refractivity contribution >= 4 is 5.97 Å². The molecule has 0 fully saturated rings. The van der Waals surface area contributed by atoms with Gasteiger partial charge in [0.2, 0.25) is 0 Å². The van der Waals surface area contributed by atoms with Crippen LogP contribution in [0.3, 0.4) is 0 Å². The first-order valence-corrected chi connectivity index (χ1v) is 4.26. The van der Waals surface area contributed by atoms with Crippen molar-refractivity contribution in [3.8, 4) is 0 Å². The molecule has 0 amide bonds. The van der Waals surface area contributed by atoms with Gasteiger partial charge in [-0.2, -0.15) is 0 Å². The summed E-state index contributed by atoms with van der Waals surface area (Å²) in [5.74, 6) is -0.558. The van der Waals surface area contributed by atoms with Crippen LogP contribution in [0.2, 0.25) is 0 Å². The van der Waals surface area contributed by atoms with Gasteiger partial charge in [0.15, 0.2) is 0 Å². The minimum atomic E-state index is -1.02. The van der Waals surface area contributed by atoms with Crippen LogP contribution >= 0.6 is 0 Å². The summed E-state index contributed by atoms with van der Waals surface area (Å²) >= 11 is 0. The Morgan fingerprint density at radius 2 is 2.00 bits per heavy atom. The molecule has 0 aromatic rings. The van der Waals surface area contributed by atoms with Crippen molar-refractivity contribution in [2.45, 2.75) is 20.1 Å². The first kappa shape index (κ1) is 12.3. The minimum absolute atomic E-state index is 0.0590. The Hall–Kier alpha value is -0.650. The molecule has 0 radical (unpaired) electrons. The molecule has 0 saturated carbocycles. The number of hydrogen-bond donors (Lipinski definition) is 1. The number of esters is 1. The average molecular weight is 192 g/mol. The first-order chi connectivity index (χ1) is 6.26. The highest BCUT2D eigenvalue weighted by molar-refractivity contribution is 5.73. The van der Waals surface area contributed by atoms with E-state index in [0.29, 0.717) is 6.61 Å². The van der Waals surface area contributed by atoms with Gasteiger partial charge in [-0.15, -0.1) is 0 Å². The second kappa shape index (κ2) is 7.97. The van der Waals surface area contributed by atoms with Crippen LogP contribution < -0.4 is 0 Å². The van der Waals surface area contributed by atoms with E-state index in [1.165, 1.54) is 0 Å². The maximum atomic E-state index is 11.1. The first-order valence-electron chi connectivity index (χ1n) is 4.26. The smallest absolute Gasteiger partial charge is 0.363 e. The maximum absolute atomic E-state index is 11.1. The molecule has 0 aromatic heterocycles. The van der Waals surface area contributed by atoms with Gasteiger partial charge in [0, 0.05) is 6.61 Å². The number of ether oxygens (including phenoxy) is 3. The molecule has 1 atom stereocenters. The summed E-state index contributed by atoms with van der Waals surface area (Å²) in [4.78, 5) is 11.1. The highest BCUT2D eigenvalue weighted by atomic mass is 16.7. The Morgan fingerprint density at radius 3 is 2.46 bits per heavy atom. The molecule has 0 rings (SSSR count). The molecule has 0 aliphatic carbocycles. The van der Waals surface area contributed by atoms with Crippen molar-refractivity contribution in [3.05, 3.63) is 0 Å². The Morgan fingerprint density at radius 1 is 1.31 bits per heavy atom. The van der Waals surface area contributed by atoms with Gasteiger partial charge in [0.05, 0.1) is 19.8 Å². The number of aliphatic hydroxyl groups is 1. The van der Waals surface area contributed by atoms with E-state index < -0.39 is 12.3 Å². The van der Waals surface area contributed by atoms with Crippen LogP contribution in [0.4, 0.5) is 0 Å². The highest BCUT2D eigenvalue weighted by Crippen LogP contribution is 1.98. The molecule has 1 unspecified atom stereocenters. The molecule has 5 heteroatoms. The van der Waals surface area contributed by atoms with E-state index in [0.717, 1.165) is 0 Å². The molecular weight excluding hydrogens is 176 g/mol. The number of hydrogen-bond acceptors (Lipinski definition) is 5. The molecule has 5 nitrogen and oxygen atoms in total. The molecule has 0 aromatic carbocycles. The number of aliphatic hydroxyl groups excluding tert-OH is 1. The average Bonchev–Trinajstić information content (AvgIpc) is 2.12. The van der Waals surface area contributed by atoms with Crippen LogP contribution in [0.1, 0.15) is 13.8 Å². The van der Waals surface area contributed by atoms with Gasteiger partial charge < -0.3 is 19.3 Å². The summed E-state index contributed by atoms with van der Waals surface area (Å²) in [5.41, 5.74) is 0. The fraction of sp³-hybridized carbons (Fsp3) is 0.875. The summed E-state index contributed by atoms with van der Waals surface area (Å²) in [7, 11) is 0. The summed E-state index contributed by atoms with van der Waals surface area (Å²) in [6.07, 6.45) is -1.02. The standard InChI is InChI=1S/C8H16O5/c1-3-11-7(10)8(12-4-2)13-6-5-9/h8-9H,3-6H2,1-2H3. The van der Waals surface area contributed by atoms with Crippen LogP contribution in [-0.2, 0) is 19.0 Å². The summed E-state index contributed by atoms with van der Waals surface area (Å²) in [5, 5.41) is 8.46. The van der Waals surface area contributed by atoms with Gasteiger partial charge in [-0.25, -0.2) is 4.79 Å². The van der Waals surface area contributed by atoms with E-state index >= 15 is 0 Å². The van der Waals surface area contributed by atoms with E-state index in [4.69, 9.17) is 14.6 Å². The molecule has 1 N–H and O–H groups in total. The fourth-order valence-corrected chi connectivity index (χ4v) is 0.706. The molecule has 0 aliphatic heterocycles. The largest absolute Gasteiger partial charge is 0.462 e. The lowest BCUT2D eigenvalue weighted by molar-refractivity contribution is -0.195. The Bertz CT molecular complexity index is 136. The fourth-order valence-electron chi connectivity index (χ4n) is 0.706. The van der Waals surface area contributed by atoms with Crippen molar-refractivity contribution < 1.29 is 24.1 Å². The van der Waals surface area contributed by atoms with Gasteiger partial charge in [0.25, 0.3) is 6.29 Å². The topological polar surface area (TPSA) is 65.0 Å². The number of carbonyl (C=O) groups excluding carboxylic acids is 1. The zero-order valence-electron chi connectivity index (χ0n) is 7.99. The second-order valence-electron chi connectivity index (χ2n) is 2.13. The van der Waals surface area contributed by atoms with Gasteiger partial charge in [0.1, 0.15) is 0 Å². The molecular formula is C8H16O5. The third kappa shape index (κ3) is 5.57. The zero-order valence-corrected chi connectivity index (χ0v) is 7.99. The van der Waals surface area contributed by atoms with Crippen LogP contribution in [0.15, 0.2) is 0 Å². The van der Waals surface area contributed by atoms with Crippen LogP contribution in [0.5, 0.6) is 0 Å². The summed E-state index contributed by atoms with van der Waals surface area (Å²) < 4.78 is 14.5. The Balaban J connectivity index is 3.83. The van der Waals surface area contributed by atoms with E-state index in [2.05, 4.69) is 4.74 Å². The zero-order chi connectivity index (χ0) is 10.1. The summed E-state index contributed by atoms with van der Waals surface area (Å²) in [6, 6.07) is 0. The number of rotatable bonds is 7. The van der Waals surface area contributed by atoms with Crippen molar-refractivity contribution in [2.24, 2.45) is 0 Å². The van der Waals surface area contributed by atoms with Crippen molar-refractivity contribution in [1.29, 1.82) is 0 Å². The van der Waals surface area contributed by atoms with E-state index in [9.17, 15) is 4.79 Å². The SMILES string of the molecule is CCOC(=O)C(OCC)OCCO. The van der Waals surface area contributed by atoms with Crippen molar-refractivity contribution in [3.63, 3.8) is 0 Å². The van der Waals surface area contributed by atoms with Crippen molar-refractivity contribution in [2.75, 3.05) is 26.4 Å². The van der Waals surface area contributed by atoms with Crippen LogP contribution in [0.25, 0.3) is 0 Å². The minimum Gasteiger partial charge on any atom is -0.462 e. The highest BCUT2D eigenvalue weighted by Gasteiger charge is 2.19. The van der Waals surface area contributed by atoms with Gasteiger partial charge in [-0.3, -0.25) is 0 Å². The Labute approximate surface area is 77.6 Å². The molecule has 0 spiro atoms. The van der Waals surface area contributed by atoms with E-state index in [1.807, 2.05) is 0 Å². The maximum Gasteiger partial charge on any atom is 0.363 e. The lowest BCUT2D eigenvalue weighted by Gasteiger charge is -2.14. The van der Waals surface area contributed by atoms with Gasteiger partial charge in [-0.1, -0.05) is 0 Å². The monoisotopic (exact) mass is 192 g/mol. The van der Waals surface area contributed by atoms with E-state index in [1.54, 1.807) is 13.8 Å². The molecule has 13 heavy (non-hydrogen) atoms. The molecule has 0 heterocycles. The lowest BCUT2D eigenvalue weighted by Crippen LogP contribution is -2.30. The van der Waals surface area contributed by atoms with Crippen LogP contribution in [0, 0.1) is 0 Å². The second-order valence-corrected chi connectivity index (χ2v) is 2.13. The normalized spacial score (nSPS) is 12.5. The molecule has 0 saturated heterocycles. The predicted octanol–water partition coefficient (Wildman–Crippen LogP) is -0.0790. The van der Waals surface area contributed by atoms with Gasteiger partial charge in [-0.05, 0) is 13.8 Å². The lowest BCUT2D eigenvalue weighted by atomic mass is 10.6. The molecule has 0 aliphatic rings. The van der Waals surface area contributed by atoms with Gasteiger partial charge >= 0.3 is 5.97 Å². The third-order valence-electron chi connectivity index (χ3n) is 1.16. The van der Waals surface area contributed by atoms with E-state index in [-0.39, 0.29) is 19.8 Å². The Kier molecular flexibility index (Phi) is 7.57. The van der Waals surface area contributed by atoms with Crippen LogP contribution in [-0.4, -0.2) is 43.8 Å². The van der Waals surface area contributed by atoms with Crippen molar-refractivity contribution in [1.82, 2.24) is 0 Å². The summed E-state index contributed by atoms with van der Waals surface area (Å²) in [6.45, 7) is 3.99. The third-order valence-corrected chi connectivity index (χ3v) is 1.16. The predicted molar refractivity (Wildman–Crippen MR) is 45.1 cm³/mol. The quantitative estimate of drug-likeness (QED) is 0.451. The molecule has 0 bridgehead atoms.